The fourth-order valence-corrected chi connectivity index (χ4v) is 7.75. The van der Waals surface area contributed by atoms with Crippen LogP contribution in [0, 0.1) is 12.8 Å². The number of nitrogens with zero attached hydrogens (tertiary/aromatic N) is 1. The Hall–Kier alpha value is -4.66. The van der Waals surface area contributed by atoms with Gasteiger partial charge in [0.05, 0.1) is 12.0 Å². The first-order chi connectivity index (χ1) is 25.2. The van der Waals surface area contributed by atoms with Gasteiger partial charge in [0.25, 0.3) is 5.91 Å². The van der Waals surface area contributed by atoms with E-state index in [9.17, 15) is 14.4 Å². The van der Waals surface area contributed by atoms with E-state index in [1.54, 1.807) is 6.92 Å². The molecular formula is C43H50ClN5O3. The van der Waals surface area contributed by atoms with Crippen LogP contribution in [-0.4, -0.2) is 49.9 Å². The molecule has 272 valence electrons. The predicted octanol–water partition coefficient (Wildman–Crippen LogP) is 8.02. The molecule has 0 bridgehead atoms. The third-order valence-electron chi connectivity index (χ3n) is 10.4. The van der Waals surface area contributed by atoms with Gasteiger partial charge >= 0.3 is 0 Å². The van der Waals surface area contributed by atoms with Crippen molar-refractivity contribution in [1.29, 1.82) is 0 Å². The van der Waals surface area contributed by atoms with Crippen molar-refractivity contribution in [1.82, 2.24) is 16.0 Å². The summed E-state index contributed by atoms with van der Waals surface area (Å²) in [4.78, 5) is 40.3. The first-order valence-corrected chi connectivity index (χ1v) is 18.9. The summed E-state index contributed by atoms with van der Waals surface area (Å²) in [6.07, 6.45) is 4.26. The number of carbonyl (C=O) groups is 3. The van der Waals surface area contributed by atoms with Crippen LogP contribution in [0.5, 0.6) is 0 Å². The summed E-state index contributed by atoms with van der Waals surface area (Å²) in [6, 6.07) is 30.2. The molecule has 6 rings (SSSR count). The maximum atomic E-state index is 12.9. The molecular weight excluding hydrogens is 670 g/mol. The maximum Gasteiger partial charge on any atom is 0.251 e. The molecule has 0 radical (unpaired) electrons. The van der Waals surface area contributed by atoms with Crippen molar-refractivity contribution in [3.63, 3.8) is 0 Å². The standard InChI is InChI=1S/C43H50ClN5O3/c1-28-8-7-9-33(22-28)35-24-36(27-45-26-35)43(52)47-21-6-4-5-20-46-42(51)32-12-10-31(11-13-32)34-14-19-41-39(25-34)40(23-29(2)49(41)30(3)50)48-38-17-15-37(44)16-18-38/h7-19,22,25,29,35-36,40,45,48H,4-6,20-21,23-24,26-27H2,1-3H3,(H,46,51)(H,47,52)/t29-,35?,36?,40+/m0/s1. The molecule has 0 aromatic heterocycles. The summed E-state index contributed by atoms with van der Waals surface area (Å²) in [7, 11) is 0. The molecule has 1 saturated heterocycles. The molecule has 1 fully saturated rings. The van der Waals surface area contributed by atoms with Crippen LogP contribution in [0.15, 0.2) is 91.0 Å². The summed E-state index contributed by atoms with van der Waals surface area (Å²) in [5, 5.41) is 13.9. The number of fused-ring (bicyclic) bond motifs is 1. The van der Waals surface area contributed by atoms with Crippen molar-refractivity contribution in [3.05, 3.63) is 118 Å². The number of piperidine rings is 1. The van der Waals surface area contributed by atoms with Gasteiger partial charge in [-0.2, -0.15) is 0 Å². The zero-order valence-electron chi connectivity index (χ0n) is 30.4. The van der Waals surface area contributed by atoms with Crippen molar-refractivity contribution in [2.24, 2.45) is 5.92 Å². The lowest BCUT2D eigenvalue weighted by Crippen LogP contribution is -2.43. The number of anilines is 2. The van der Waals surface area contributed by atoms with Gasteiger partial charge in [0, 0.05) is 61.1 Å². The number of benzene rings is 4. The van der Waals surface area contributed by atoms with Crippen LogP contribution in [0.3, 0.4) is 0 Å². The van der Waals surface area contributed by atoms with Crippen LogP contribution in [0.25, 0.3) is 11.1 Å². The lowest BCUT2D eigenvalue weighted by Gasteiger charge is -2.39. The third-order valence-corrected chi connectivity index (χ3v) is 10.6. The van der Waals surface area contributed by atoms with Gasteiger partial charge in [0.1, 0.15) is 0 Å². The molecule has 8 nitrogen and oxygen atoms in total. The minimum Gasteiger partial charge on any atom is -0.378 e. The highest BCUT2D eigenvalue weighted by Gasteiger charge is 2.33. The average molecular weight is 720 g/mol. The van der Waals surface area contributed by atoms with Crippen molar-refractivity contribution >= 4 is 40.7 Å². The number of nitrogens with one attached hydrogen (secondary N) is 4. The topological polar surface area (TPSA) is 103 Å². The monoisotopic (exact) mass is 719 g/mol. The molecule has 2 heterocycles. The van der Waals surface area contributed by atoms with Crippen LogP contribution in [0.2, 0.25) is 5.02 Å². The molecule has 0 spiro atoms. The molecule has 2 aliphatic heterocycles. The highest BCUT2D eigenvalue weighted by Crippen LogP contribution is 2.41. The first-order valence-electron chi connectivity index (χ1n) is 18.6. The second-order valence-electron chi connectivity index (χ2n) is 14.3. The normalized spacial score (nSPS) is 19.7. The van der Waals surface area contributed by atoms with Crippen LogP contribution >= 0.6 is 11.6 Å². The van der Waals surface area contributed by atoms with Gasteiger partial charge in [-0.05, 0) is 123 Å². The number of halogens is 1. The third kappa shape index (κ3) is 9.22. The quantitative estimate of drug-likeness (QED) is 0.111. The largest absolute Gasteiger partial charge is 0.378 e. The van der Waals surface area contributed by atoms with Crippen LogP contribution in [-0.2, 0) is 9.59 Å². The van der Waals surface area contributed by atoms with Gasteiger partial charge in [-0.3, -0.25) is 14.4 Å². The molecule has 0 aliphatic carbocycles. The molecule has 4 aromatic carbocycles. The minimum absolute atomic E-state index is 0.00866. The molecule has 4 atom stereocenters. The van der Waals surface area contributed by atoms with Gasteiger partial charge in [0.15, 0.2) is 0 Å². The predicted molar refractivity (Wildman–Crippen MR) is 211 cm³/mol. The maximum absolute atomic E-state index is 12.9. The summed E-state index contributed by atoms with van der Waals surface area (Å²) in [5.74, 6) is 0.379. The molecule has 0 saturated carbocycles. The van der Waals surface area contributed by atoms with E-state index in [1.807, 2.05) is 65.6 Å². The van der Waals surface area contributed by atoms with E-state index in [-0.39, 0.29) is 35.7 Å². The van der Waals surface area contributed by atoms with Crippen molar-refractivity contribution in [2.75, 3.05) is 36.4 Å². The zero-order valence-corrected chi connectivity index (χ0v) is 31.1. The van der Waals surface area contributed by atoms with E-state index >= 15 is 0 Å². The summed E-state index contributed by atoms with van der Waals surface area (Å²) < 4.78 is 0. The molecule has 2 aliphatic rings. The van der Waals surface area contributed by atoms with E-state index in [4.69, 9.17) is 11.6 Å². The second kappa shape index (κ2) is 17.2. The van der Waals surface area contributed by atoms with Crippen molar-refractivity contribution < 1.29 is 14.4 Å². The van der Waals surface area contributed by atoms with E-state index in [1.165, 1.54) is 11.1 Å². The van der Waals surface area contributed by atoms with Crippen molar-refractivity contribution in [2.45, 2.75) is 70.9 Å². The summed E-state index contributed by atoms with van der Waals surface area (Å²) >= 11 is 6.12. The number of hydrogen-bond acceptors (Lipinski definition) is 5. The van der Waals surface area contributed by atoms with Crippen molar-refractivity contribution in [3.8, 4) is 11.1 Å². The number of aryl methyl sites for hydroxylation is 1. The van der Waals surface area contributed by atoms with Crippen LogP contribution in [0.1, 0.15) is 85.0 Å². The Bertz CT molecular complexity index is 1860. The molecule has 52 heavy (non-hydrogen) atoms. The summed E-state index contributed by atoms with van der Waals surface area (Å²) in [6.45, 7) is 8.65. The second-order valence-corrected chi connectivity index (χ2v) is 14.8. The fourth-order valence-electron chi connectivity index (χ4n) is 7.63. The van der Waals surface area contributed by atoms with Gasteiger partial charge in [-0.25, -0.2) is 0 Å². The smallest absolute Gasteiger partial charge is 0.251 e. The van der Waals surface area contributed by atoms with Gasteiger partial charge < -0.3 is 26.2 Å². The number of hydrogen-bond donors (Lipinski definition) is 4. The Morgan fingerprint density at radius 3 is 2.29 bits per heavy atom. The Morgan fingerprint density at radius 2 is 1.56 bits per heavy atom. The fraction of sp³-hybridized carbons (Fsp3) is 0.372. The lowest BCUT2D eigenvalue weighted by atomic mass is 9.84. The Kier molecular flexibility index (Phi) is 12.3. The highest BCUT2D eigenvalue weighted by atomic mass is 35.5. The lowest BCUT2D eigenvalue weighted by molar-refractivity contribution is -0.125. The molecule has 4 aromatic rings. The zero-order chi connectivity index (χ0) is 36.6. The minimum atomic E-state index is -0.100. The van der Waals surface area contributed by atoms with Gasteiger partial charge in [0.2, 0.25) is 11.8 Å². The number of carbonyl (C=O) groups excluding carboxylic acids is 3. The SMILES string of the molecule is CC(=O)N1c2ccc(-c3ccc(C(=O)NCCCCCNC(=O)C4CNCC(c5cccc(C)c5)C4)cc3)cc2[C@H](Nc2ccc(Cl)cc2)C[C@@H]1C. The van der Waals surface area contributed by atoms with E-state index < -0.39 is 0 Å². The summed E-state index contributed by atoms with van der Waals surface area (Å²) in [5.41, 5.74) is 8.10. The number of rotatable bonds is 12. The van der Waals surface area contributed by atoms with Crippen LogP contribution in [0.4, 0.5) is 11.4 Å². The number of amides is 3. The Labute approximate surface area is 312 Å². The average Bonchev–Trinajstić information content (AvgIpc) is 3.15. The van der Waals surface area contributed by atoms with Gasteiger partial charge in [-0.15, -0.1) is 0 Å². The van der Waals surface area contributed by atoms with Crippen LogP contribution < -0.4 is 26.2 Å². The Morgan fingerprint density at radius 1 is 0.827 bits per heavy atom. The van der Waals surface area contributed by atoms with E-state index in [0.29, 0.717) is 29.6 Å². The highest BCUT2D eigenvalue weighted by molar-refractivity contribution is 6.30. The molecule has 4 N–H and O–H groups in total. The molecule has 3 amide bonds. The van der Waals surface area contributed by atoms with E-state index in [0.717, 1.165) is 73.3 Å². The van der Waals surface area contributed by atoms with Gasteiger partial charge in [-0.1, -0.05) is 59.6 Å². The number of unbranched alkanes of at least 4 members (excludes halogenated alkanes) is 2. The molecule has 2 unspecified atom stereocenters. The Balaban J connectivity index is 0.966. The molecule has 9 heteroatoms. The van der Waals surface area contributed by atoms with E-state index in [2.05, 4.69) is 65.4 Å². The first kappa shape index (κ1) is 37.1.